The quantitative estimate of drug-likeness (QED) is 0.409. The molecule has 0 aliphatic rings. The molecule has 0 bridgehead atoms. The lowest BCUT2D eigenvalue weighted by Crippen LogP contribution is -2.60. The van der Waals surface area contributed by atoms with Gasteiger partial charge in [0, 0.05) is 6.61 Å². The van der Waals surface area contributed by atoms with Gasteiger partial charge in [0.1, 0.15) is 0 Å². The van der Waals surface area contributed by atoms with E-state index in [1.54, 1.807) is 0 Å². The van der Waals surface area contributed by atoms with E-state index < -0.39 is 8.32 Å². The minimum atomic E-state index is -2.13. The molecule has 110 valence electrons. The van der Waals surface area contributed by atoms with E-state index >= 15 is 0 Å². The van der Waals surface area contributed by atoms with Crippen molar-refractivity contribution in [3.8, 4) is 0 Å². The van der Waals surface area contributed by atoms with Crippen LogP contribution in [0.15, 0.2) is 73.3 Å². The van der Waals surface area contributed by atoms with Gasteiger partial charge >= 0.3 is 0 Å². The average Bonchev–Trinajstić information content (AvgIpc) is 2.56. The SMILES string of the molecule is C=CCCC[Si](OCC)(c1ccccc1)c1ccccc1. The first kappa shape index (κ1) is 15.7. The van der Waals surface area contributed by atoms with Gasteiger partial charge in [-0.05, 0) is 36.2 Å². The van der Waals surface area contributed by atoms with Crippen LogP contribution in [-0.4, -0.2) is 14.9 Å². The second-order valence-corrected chi connectivity index (χ2v) is 8.77. The second-order valence-electron chi connectivity index (χ2n) is 5.17. The van der Waals surface area contributed by atoms with Gasteiger partial charge in [-0.25, -0.2) is 0 Å². The number of benzene rings is 2. The Morgan fingerprint density at radius 1 is 0.952 bits per heavy atom. The number of unbranched alkanes of at least 4 members (excludes halogenated alkanes) is 1. The molecule has 0 spiro atoms. The maximum absolute atomic E-state index is 6.45. The van der Waals surface area contributed by atoms with Crippen molar-refractivity contribution in [2.75, 3.05) is 6.61 Å². The summed E-state index contributed by atoms with van der Waals surface area (Å²) in [6.45, 7) is 6.70. The van der Waals surface area contributed by atoms with E-state index in [0.717, 1.165) is 25.5 Å². The van der Waals surface area contributed by atoms with Crippen molar-refractivity contribution in [3.05, 3.63) is 73.3 Å². The lowest BCUT2D eigenvalue weighted by atomic mass is 10.3. The molecule has 1 nitrogen and oxygen atoms in total. The third-order valence-electron chi connectivity index (χ3n) is 3.81. The molecule has 2 rings (SSSR count). The summed E-state index contributed by atoms with van der Waals surface area (Å²) in [6, 6.07) is 22.6. The summed E-state index contributed by atoms with van der Waals surface area (Å²) in [5.74, 6) is 0. The topological polar surface area (TPSA) is 9.23 Å². The fourth-order valence-electron chi connectivity index (χ4n) is 2.85. The maximum Gasteiger partial charge on any atom is 0.255 e. The van der Waals surface area contributed by atoms with Crippen LogP contribution >= 0.6 is 0 Å². The van der Waals surface area contributed by atoms with Crippen LogP contribution in [0.3, 0.4) is 0 Å². The van der Waals surface area contributed by atoms with Gasteiger partial charge in [0.2, 0.25) is 0 Å². The molecule has 0 unspecified atom stereocenters. The Hall–Kier alpha value is -1.64. The summed E-state index contributed by atoms with van der Waals surface area (Å²) in [6.07, 6.45) is 4.17. The predicted molar refractivity (Wildman–Crippen MR) is 93.8 cm³/mol. The summed E-state index contributed by atoms with van der Waals surface area (Å²) in [5.41, 5.74) is 0. The van der Waals surface area contributed by atoms with Gasteiger partial charge in [0.05, 0.1) is 0 Å². The Kier molecular flexibility index (Phi) is 5.97. The largest absolute Gasteiger partial charge is 0.408 e. The standard InChI is InChI=1S/C19H24OSi/c1-3-5-12-17-21(20-4-2,18-13-8-6-9-14-18)19-15-10-7-11-16-19/h3,6-11,13-16H,1,4-5,12,17H2,2H3. The van der Waals surface area contributed by atoms with Crippen molar-refractivity contribution in [3.63, 3.8) is 0 Å². The van der Waals surface area contributed by atoms with Crippen LogP contribution in [0, 0.1) is 0 Å². The van der Waals surface area contributed by atoms with E-state index in [0.29, 0.717) is 0 Å². The molecular weight excluding hydrogens is 272 g/mol. The average molecular weight is 296 g/mol. The summed E-state index contributed by atoms with van der Waals surface area (Å²) >= 11 is 0. The van der Waals surface area contributed by atoms with Crippen LogP contribution in [0.2, 0.25) is 6.04 Å². The smallest absolute Gasteiger partial charge is 0.255 e. The summed E-state index contributed by atoms with van der Waals surface area (Å²) in [4.78, 5) is 0. The predicted octanol–water partition coefficient (Wildman–Crippen LogP) is 3.75. The van der Waals surface area contributed by atoms with Crippen molar-refractivity contribution in [1.82, 2.24) is 0 Å². The fraction of sp³-hybridized carbons (Fsp3) is 0.263. The van der Waals surface area contributed by atoms with Crippen LogP contribution in [0.1, 0.15) is 19.8 Å². The molecular formula is C19H24OSi. The van der Waals surface area contributed by atoms with Crippen molar-refractivity contribution >= 4 is 18.7 Å². The molecule has 2 aromatic rings. The highest BCUT2D eigenvalue weighted by atomic mass is 28.4. The van der Waals surface area contributed by atoms with Crippen molar-refractivity contribution in [2.45, 2.75) is 25.8 Å². The molecule has 0 N–H and O–H groups in total. The van der Waals surface area contributed by atoms with Crippen molar-refractivity contribution in [2.24, 2.45) is 0 Å². The Bertz CT molecular complexity index is 497. The first-order valence-corrected chi connectivity index (χ1v) is 9.81. The summed E-state index contributed by atoms with van der Waals surface area (Å²) in [5, 5.41) is 2.73. The zero-order valence-corrected chi connectivity index (χ0v) is 13.8. The molecule has 0 saturated carbocycles. The minimum Gasteiger partial charge on any atom is -0.408 e. The third kappa shape index (κ3) is 3.72. The van der Waals surface area contributed by atoms with Gasteiger partial charge in [-0.15, -0.1) is 6.58 Å². The Balaban J connectivity index is 2.46. The normalized spacial score (nSPS) is 11.3. The van der Waals surface area contributed by atoms with Gasteiger partial charge in [0.15, 0.2) is 0 Å². The molecule has 0 saturated heterocycles. The van der Waals surface area contributed by atoms with E-state index in [1.165, 1.54) is 10.4 Å². The molecule has 0 aliphatic carbocycles. The summed E-state index contributed by atoms with van der Waals surface area (Å²) < 4.78 is 6.45. The van der Waals surface area contributed by atoms with Crippen LogP contribution in [-0.2, 0) is 4.43 Å². The highest BCUT2D eigenvalue weighted by Gasteiger charge is 2.38. The summed E-state index contributed by atoms with van der Waals surface area (Å²) in [7, 11) is -2.13. The van der Waals surface area contributed by atoms with Gasteiger partial charge < -0.3 is 4.43 Å². The Morgan fingerprint density at radius 2 is 1.48 bits per heavy atom. The molecule has 0 amide bonds. The molecule has 0 aliphatic heterocycles. The molecule has 0 atom stereocenters. The van der Waals surface area contributed by atoms with E-state index in [2.05, 4.69) is 74.2 Å². The number of rotatable bonds is 8. The fourth-order valence-corrected chi connectivity index (χ4v) is 6.90. The monoisotopic (exact) mass is 296 g/mol. The molecule has 21 heavy (non-hydrogen) atoms. The highest BCUT2D eigenvalue weighted by Crippen LogP contribution is 2.17. The van der Waals surface area contributed by atoms with Crippen molar-refractivity contribution in [1.29, 1.82) is 0 Å². The van der Waals surface area contributed by atoms with E-state index in [9.17, 15) is 0 Å². The first-order chi connectivity index (χ1) is 10.3. The zero-order valence-electron chi connectivity index (χ0n) is 12.8. The van der Waals surface area contributed by atoms with Crippen LogP contribution in [0.5, 0.6) is 0 Å². The van der Waals surface area contributed by atoms with E-state index in [1.807, 2.05) is 6.08 Å². The molecule has 2 aromatic carbocycles. The van der Waals surface area contributed by atoms with Crippen LogP contribution in [0.25, 0.3) is 0 Å². The van der Waals surface area contributed by atoms with Gasteiger partial charge in [-0.2, -0.15) is 0 Å². The Morgan fingerprint density at radius 3 is 1.90 bits per heavy atom. The Labute approximate surface area is 129 Å². The van der Waals surface area contributed by atoms with Gasteiger partial charge in [0.25, 0.3) is 8.32 Å². The number of hydrogen-bond donors (Lipinski definition) is 0. The lowest BCUT2D eigenvalue weighted by molar-refractivity contribution is 0.337. The molecule has 0 aromatic heterocycles. The number of allylic oxidation sites excluding steroid dienone is 1. The zero-order chi connectivity index (χ0) is 15.0. The van der Waals surface area contributed by atoms with Gasteiger partial charge in [-0.1, -0.05) is 66.7 Å². The lowest BCUT2D eigenvalue weighted by Gasteiger charge is -2.32. The molecule has 2 heteroatoms. The first-order valence-electron chi connectivity index (χ1n) is 7.69. The van der Waals surface area contributed by atoms with E-state index in [-0.39, 0.29) is 0 Å². The van der Waals surface area contributed by atoms with Crippen LogP contribution in [0.4, 0.5) is 0 Å². The molecule has 0 fully saturated rings. The van der Waals surface area contributed by atoms with E-state index in [4.69, 9.17) is 4.43 Å². The minimum absolute atomic E-state index is 0.754. The molecule has 0 radical (unpaired) electrons. The van der Waals surface area contributed by atoms with Crippen molar-refractivity contribution < 1.29 is 4.43 Å². The maximum atomic E-state index is 6.45. The highest BCUT2D eigenvalue weighted by molar-refractivity contribution is 6.97. The number of hydrogen-bond acceptors (Lipinski definition) is 1. The third-order valence-corrected chi connectivity index (χ3v) is 8.18. The van der Waals surface area contributed by atoms with Gasteiger partial charge in [-0.3, -0.25) is 0 Å². The second kappa shape index (κ2) is 7.96. The molecule has 0 heterocycles. The van der Waals surface area contributed by atoms with Crippen LogP contribution < -0.4 is 10.4 Å².